The SMILES string of the molecule is COc1cc(C(C)=O)c(Br)cc1OCc1ccccc1. The number of carbonyl (C=O) groups excluding carboxylic acids is 1. The zero-order valence-corrected chi connectivity index (χ0v) is 12.9. The topological polar surface area (TPSA) is 35.5 Å². The van der Waals surface area contributed by atoms with Crippen LogP contribution in [0, 0.1) is 0 Å². The number of rotatable bonds is 5. The van der Waals surface area contributed by atoms with Gasteiger partial charge in [0, 0.05) is 10.0 Å². The molecule has 0 aliphatic carbocycles. The van der Waals surface area contributed by atoms with Gasteiger partial charge in [0.2, 0.25) is 0 Å². The molecule has 0 heterocycles. The summed E-state index contributed by atoms with van der Waals surface area (Å²) in [6, 6.07) is 13.3. The van der Waals surface area contributed by atoms with Crippen LogP contribution in [0.5, 0.6) is 11.5 Å². The lowest BCUT2D eigenvalue weighted by molar-refractivity contribution is 0.101. The van der Waals surface area contributed by atoms with Gasteiger partial charge in [0.25, 0.3) is 0 Å². The Balaban J connectivity index is 2.23. The van der Waals surface area contributed by atoms with Crippen LogP contribution in [0.2, 0.25) is 0 Å². The van der Waals surface area contributed by atoms with Crippen molar-refractivity contribution >= 4 is 21.7 Å². The predicted octanol–water partition coefficient (Wildman–Crippen LogP) is 4.24. The van der Waals surface area contributed by atoms with Crippen molar-refractivity contribution in [2.24, 2.45) is 0 Å². The highest BCUT2D eigenvalue weighted by Gasteiger charge is 2.13. The van der Waals surface area contributed by atoms with Crippen LogP contribution in [0.15, 0.2) is 46.9 Å². The van der Waals surface area contributed by atoms with Gasteiger partial charge in [-0.2, -0.15) is 0 Å². The van der Waals surface area contributed by atoms with Crippen molar-refractivity contribution in [1.82, 2.24) is 0 Å². The van der Waals surface area contributed by atoms with Gasteiger partial charge >= 0.3 is 0 Å². The monoisotopic (exact) mass is 334 g/mol. The molecule has 0 aliphatic rings. The van der Waals surface area contributed by atoms with Gasteiger partial charge in [-0.25, -0.2) is 0 Å². The van der Waals surface area contributed by atoms with E-state index in [2.05, 4.69) is 15.9 Å². The summed E-state index contributed by atoms with van der Waals surface area (Å²) in [6.07, 6.45) is 0. The quantitative estimate of drug-likeness (QED) is 0.767. The standard InChI is InChI=1S/C16H15BrO3/c1-11(18)13-8-15(19-2)16(9-14(13)17)20-10-12-6-4-3-5-7-12/h3-9H,10H2,1-2H3. The Kier molecular flexibility index (Phi) is 4.79. The summed E-state index contributed by atoms with van der Waals surface area (Å²) in [4.78, 5) is 11.5. The Morgan fingerprint density at radius 3 is 2.45 bits per heavy atom. The summed E-state index contributed by atoms with van der Waals surface area (Å²) in [5.41, 5.74) is 1.65. The first kappa shape index (κ1) is 14.6. The third-order valence-corrected chi connectivity index (χ3v) is 3.53. The maximum Gasteiger partial charge on any atom is 0.162 e. The van der Waals surface area contributed by atoms with Crippen LogP contribution >= 0.6 is 15.9 Å². The Morgan fingerprint density at radius 1 is 1.15 bits per heavy atom. The van der Waals surface area contributed by atoms with Crippen molar-refractivity contribution < 1.29 is 14.3 Å². The molecule has 4 heteroatoms. The summed E-state index contributed by atoms with van der Waals surface area (Å²) in [7, 11) is 1.56. The molecule has 0 bridgehead atoms. The Morgan fingerprint density at radius 2 is 1.85 bits per heavy atom. The highest BCUT2D eigenvalue weighted by molar-refractivity contribution is 9.10. The first-order valence-electron chi connectivity index (χ1n) is 6.17. The van der Waals surface area contributed by atoms with Crippen LogP contribution in [0.4, 0.5) is 0 Å². The molecule has 0 N–H and O–H groups in total. The zero-order valence-electron chi connectivity index (χ0n) is 11.4. The van der Waals surface area contributed by atoms with Gasteiger partial charge in [-0.3, -0.25) is 4.79 Å². The molecule has 0 fully saturated rings. The van der Waals surface area contributed by atoms with Crippen LogP contribution in [0.25, 0.3) is 0 Å². The van der Waals surface area contributed by atoms with E-state index in [9.17, 15) is 4.79 Å². The van der Waals surface area contributed by atoms with E-state index in [-0.39, 0.29) is 5.78 Å². The third-order valence-electron chi connectivity index (χ3n) is 2.87. The smallest absolute Gasteiger partial charge is 0.162 e. The maximum absolute atomic E-state index is 11.5. The largest absolute Gasteiger partial charge is 0.493 e. The molecule has 0 saturated heterocycles. The highest BCUT2D eigenvalue weighted by Crippen LogP contribution is 2.34. The minimum absolute atomic E-state index is 0.0233. The van der Waals surface area contributed by atoms with Crippen molar-refractivity contribution in [3.05, 3.63) is 58.1 Å². The number of ketones is 1. The lowest BCUT2D eigenvalue weighted by Crippen LogP contribution is -2.01. The normalized spacial score (nSPS) is 10.2. The maximum atomic E-state index is 11.5. The van der Waals surface area contributed by atoms with Crippen LogP contribution < -0.4 is 9.47 Å². The number of ether oxygens (including phenoxy) is 2. The lowest BCUT2D eigenvalue weighted by atomic mass is 10.1. The zero-order chi connectivity index (χ0) is 14.5. The molecule has 0 amide bonds. The second-order valence-corrected chi connectivity index (χ2v) is 5.17. The van der Waals surface area contributed by atoms with E-state index >= 15 is 0 Å². The fourth-order valence-electron chi connectivity index (χ4n) is 1.81. The number of methoxy groups -OCH3 is 1. The molecule has 20 heavy (non-hydrogen) atoms. The number of carbonyl (C=O) groups is 1. The van der Waals surface area contributed by atoms with Gasteiger partial charge in [-0.1, -0.05) is 30.3 Å². The molecule has 0 radical (unpaired) electrons. The van der Waals surface area contributed by atoms with Crippen molar-refractivity contribution in [3.63, 3.8) is 0 Å². The number of hydrogen-bond donors (Lipinski definition) is 0. The minimum atomic E-state index is -0.0233. The van der Waals surface area contributed by atoms with E-state index < -0.39 is 0 Å². The van der Waals surface area contributed by atoms with Gasteiger partial charge in [0.1, 0.15) is 6.61 Å². The molecule has 0 aliphatic heterocycles. The predicted molar refractivity (Wildman–Crippen MR) is 81.5 cm³/mol. The molecule has 0 atom stereocenters. The number of hydrogen-bond acceptors (Lipinski definition) is 3. The van der Waals surface area contributed by atoms with Crippen molar-refractivity contribution in [2.75, 3.05) is 7.11 Å². The van der Waals surface area contributed by atoms with E-state index in [1.165, 1.54) is 6.92 Å². The van der Waals surface area contributed by atoms with E-state index in [4.69, 9.17) is 9.47 Å². The highest BCUT2D eigenvalue weighted by atomic mass is 79.9. The second kappa shape index (κ2) is 6.57. The Hall–Kier alpha value is -1.81. The summed E-state index contributed by atoms with van der Waals surface area (Å²) in [5, 5.41) is 0. The molecule has 104 valence electrons. The van der Waals surface area contributed by atoms with E-state index in [1.54, 1.807) is 19.2 Å². The number of Topliss-reactive ketones (excluding diaryl/α,β-unsaturated/α-hetero) is 1. The average Bonchev–Trinajstić information content (AvgIpc) is 2.46. The molecule has 2 aromatic rings. The van der Waals surface area contributed by atoms with Crippen molar-refractivity contribution in [2.45, 2.75) is 13.5 Å². The van der Waals surface area contributed by atoms with Crippen LogP contribution in [-0.4, -0.2) is 12.9 Å². The number of benzene rings is 2. The average molecular weight is 335 g/mol. The lowest BCUT2D eigenvalue weighted by Gasteiger charge is -2.13. The molecule has 0 spiro atoms. The van der Waals surface area contributed by atoms with E-state index in [1.807, 2.05) is 30.3 Å². The number of halogens is 1. The van der Waals surface area contributed by atoms with Gasteiger partial charge in [-0.15, -0.1) is 0 Å². The van der Waals surface area contributed by atoms with Crippen molar-refractivity contribution in [1.29, 1.82) is 0 Å². The van der Waals surface area contributed by atoms with Gasteiger partial charge in [-0.05, 0) is 40.5 Å². The molecule has 2 aromatic carbocycles. The molecule has 0 aromatic heterocycles. The molecule has 3 nitrogen and oxygen atoms in total. The minimum Gasteiger partial charge on any atom is -0.493 e. The summed E-state index contributed by atoms with van der Waals surface area (Å²) < 4.78 is 11.7. The first-order valence-corrected chi connectivity index (χ1v) is 6.96. The van der Waals surface area contributed by atoms with Gasteiger partial charge in [0.05, 0.1) is 7.11 Å². The fraction of sp³-hybridized carbons (Fsp3) is 0.188. The summed E-state index contributed by atoms with van der Waals surface area (Å²) in [5.74, 6) is 1.13. The second-order valence-electron chi connectivity index (χ2n) is 4.31. The van der Waals surface area contributed by atoms with Crippen LogP contribution in [0.3, 0.4) is 0 Å². The van der Waals surface area contributed by atoms with Gasteiger partial charge in [0.15, 0.2) is 17.3 Å². The fourth-order valence-corrected chi connectivity index (χ4v) is 2.41. The molecular weight excluding hydrogens is 320 g/mol. The van der Waals surface area contributed by atoms with E-state index in [0.717, 1.165) is 5.56 Å². The van der Waals surface area contributed by atoms with Crippen LogP contribution in [-0.2, 0) is 6.61 Å². The summed E-state index contributed by atoms with van der Waals surface area (Å²) in [6.45, 7) is 1.97. The molecule has 2 rings (SSSR count). The molecule has 0 saturated carbocycles. The van der Waals surface area contributed by atoms with E-state index in [0.29, 0.717) is 28.1 Å². The first-order chi connectivity index (χ1) is 9.61. The molecular formula is C16H15BrO3. The molecule has 0 unspecified atom stereocenters. The Labute approximate surface area is 126 Å². The van der Waals surface area contributed by atoms with Crippen LogP contribution in [0.1, 0.15) is 22.8 Å². The van der Waals surface area contributed by atoms with Gasteiger partial charge < -0.3 is 9.47 Å². The Bertz CT molecular complexity index is 609. The van der Waals surface area contributed by atoms with Crippen molar-refractivity contribution in [3.8, 4) is 11.5 Å². The third kappa shape index (κ3) is 3.39. The summed E-state index contributed by atoms with van der Waals surface area (Å²) >= 11 is 3.38.